The number of carboxylic acid groups (broad SMARTS) is 1. The summed E-state index contributed by atoms with van der Waals surface area (Å²) in [6.07, 6.45) is 2.10. The van der Waals surface area contributed by atoms with Crippen LogP contribution in [0.5, 0.6) is 0 Å². The van der Waals surface area contributed by atoms with Gasteiger partial charge in [-0.1, -0.05) is 31.2 Å². The highest BCUT2D eigenvalue weighted by Gasteiger charge is 2.23. The lowest BCUT2D eigenvalue weighted by molar-refractivity contribution is -0.136. The van der Waals surface area contributed by atoms with Gasteiger partial charge in [0, 0.05) is 19.2 Å². The molecule has 0 saturated carbocycles. The summed E-state index contributed by atoms with van der Waals surface area (Å²) in [5, 5.41) is 8.92. The Morgan fingerprint density at radius 2 is 1.78 bits per heavy atom. The van der Waals surface area contributed by atoms with Crippen LogP contribution in [0.1, 0.15) is 39.7 Å². The number of amides is 1. The zero-order valence-electron chi connectivity index (χ0n) is 13.6. The van der Waals surface area contributed by atoms with Crippen LogP contribution < -0.4 is 0 Å². The molecule has 2 rings (SSSR count). The first-order valence-corrected chi connectivity index (χ1v) is 7.54. The molecule has 2 aromatic rings. The predicted molar refractivity (Wildman–Crippen MR) is 86.4 cm³/mol. The molecular formula is C18H21NO4. The van der Waals surface area contributed by atoms with E-state index in [0.29, 0.717) is 17.7 Å². The summed E-state index contributed by atoms with van der Waals surface area (Å²) in [4.78, 5) is 25.1. The van der Waals surface area contributed by atoms with Gasteiger partial charge in [-0.2, -0.15) is 0 Å². The number of nitrogens with zero attached hydrogens (tertiary/aromatic N) is 1. The monoisotopic (exact) mass is 315 g/mol. The van der Waals surface area contributed by atoms with Crippen molar-refractivity contribution >= 4 is 11.9 Å². The normalized spacial score (nSPS) is 10.6. The second-order valence-electron chi connectivity index (χ2n) is 5.62. The summed E-state index contributed by atoms with van der Waals surface area (Å²) in [7, 11) is 1.70. The summed E-state index contributed by atoms with van der Waals surface area (Å²) >= 11 is 0. The van der Waals surface area contributed by atoms with Crippen LogP contribution in [0.4, 0.5) is 0 Å². The number of hydrogen-bond donors (Lipinski definition) is 1. The van der Waals surface area contributed by atoms with Crippen LogP contribution in [0, 0.1) is 6.92 Å². The highest BCUT2D eigenvalue weighted by Crippen LogP contribution is 2.20. The van der Waals surface area contributed by atoms with Gasteiger partial charge in [0.05, 0.1) is 11.8 Å². The summed E-state index contributed by atoms with van der Waals surface area (Å²) in [6.45, 7) is 4.29. The Morgan fingerprint density at radius 1 is 1.17 bits per heavy atom. The molecule has 0 aliphatic heterocycles. The van der Waals surface area contributed by atoms with E-state index < -0.39 is 5.97 Å². The Hall–Kier alpha value is -2.56. The minimum absolute atomic E-state index is 0.202. The lowest BCUT2D eigenvalue weighted by Crippen LogP contribution is -2.27. The number of carboxylic acids is 1. The summed E-state index contributed by atoms with van der Waals surface area (Å²) in [5.74, 6) is -1.05. The number of furan rings is 1. The third-order valence-electron chi connectivity index (χ3n) is 3.77. The molecule has 5 nitrogen and oxygen atoms in total. The smallest absolute Gasteiger partial charge is 0.311 e. The summed E-state index contributed by atoms with van der Waals surface area (Å²) < 4.78 is 5.23. The van der Waals surface area contributed by atoms with Crippen molar-refractivity contribution < 1.29 is 19.1 Å². The van der Waals surface area contributed by atoms with Gasteiger partial charge in [0.2, 0.25) is 0 Å². The van der Waals surface area contributed by atoms with E-state index in [1.54, 1.807) is 18.9 Å². The van der Waals surface area contributed by atoms with E-state index in [2.05, 4.69) is 6.92 Å². The number of rotatable bonds is 6. The van der Waals surface area contributed by atoms with E-state index in [1.165, 1.54) is 11.8 Å². The van der Waals surface area contributed by atoms with Crippen LogP contribution in [0.25, 0.3) is 0 Å². The van der Waals surface area contributed by atoms with E-state index in [4.69, 9.17) is 9.52 Å². The predicted octanol–water partition coefficient (Wildman–Crippen LogP) is 3.05. The number of aliphatic carboxylic acids is 1. The van der Waals surface area contributed by atoms with Crippen molar-refractivity contribution in [1.29, 1.82) is 0 Å². The first-order valence-electron chi connectivity index (χ1n) is 7.54. The quantitative estimate of drug-likeness (QED) is 0.889. The number of hydrogen-bond acceptors (Lipinski definition) is 3. The van der Waals surface area contributed by atoms with Crippen molar-refractivity contribution in [3.63, 3.8) is 0 Å². The molecule has 1 heterocycles. The fourth-order valence-electron chi connectivity index (χ4n) is 2.47. The molecule has 0 atom stereocenters. The lowest BCUT2D eigenvalue weighted by atomic mass is 10.1. The fourth-order valence-corrected chi connectivity index (χ4v) is 2.47. The van der Waals surface area contributed by atoms with Gasteiger partial charge >= 0.3 is 5.97 Å². The number of aryl methyl sites for hydroxylation is 2. The Morgan fingerprint density at radius 3 is 2.35 bits per heavy atom. The zero-order valence-corrected chi connectivity index (χ0v) is 13.6. The van der Waals surface area contributed by atoms with Gasteiger partial charge in [-0.15, -0.1) is 0 Å². The van der Waals surface area contributed by atoms with Crippen molar-refractivity contribution in [2.24, 2.45) is 0 Å². The first kappa shape index (κ1) is 16.8. The molecule has 0 aliphatic carbocycles. The molecule has 1 aromatic heterocycles. The van der Waals surface area contributed by atoms with Crippen molar-refractivity contribution in [2.75, 3.05) is 7.05 Å². The van der Waals surface area contributed by atoms with E-state index >= 15 is 0 Å². The molecule has 0 spiro atoms. The second-order valence-corrected chi connectivity index (χ2v) is 5.62. The number of benzene rings is 1. The third kappa shape index (κ3) is 4.00. The standard InChI is InChI=1S/C18H21NO4/c1-4-13-5-7-14(8-6-13)10-19(3)18(22)17-12(2)11-23-15(17)9-16(20)21/h5-8,11H,4,9-10H2,1-3H3,(H,20,21). The van der Waals surface area contributed by atoms with Crippen LogP contribution in [0.15, 0.2) is 34.9 Å². The minimum Gasteiger partial charge on any atom is -0.481 e. The average Bonchev–Trinajstić information content (AvgIpc) is 2.87. The summed E-state index contributed by atoms with van der Waals surface area (Å²) in [6, 6.07) is 8.10. The van der Waals surface area contributed by atoms with Gasteiger partial charge in [0.25, 0.3) is 5.91 Å². The van der Waals surface area contributed by atoms with E-state index in [0.717, 1.165) is 12.0 Å². The molecule has 1 amide bonds. The molecule has 1 aromatic carbocycles. The topological polar surface area (TPSA) is 70.8 Å². The van der Waals surface area contributed by atoms with Gasteiger partial charge in [-0.3, -0.25) is 9.59 Å². The molecule has 5 heteroatoms. The van der Waals surface area contributed by atoms with E-state index in [-0.39, 0.29) is 18.1 Å². The van der Waals surface area contributed by atoms with Crippen LogP contribution in [-0.4, -0.2) is 28.9 Å². The molecule has 0 unspecified atom stereocenters. The van der Waals surface area contributed by atoms with Crippen LogP contribution in [0.2, 0.25) is 0 Å². The maximum atomic E-state index is 12.6. The number of carbonyl (C=O) groups is 2. The van der Waals surface area contributed by atoms with Crippen molar-refractivity contribution in [2.45, 2.75) is 33.2 Å². The van der Waals surface area contributed by atoms with Crippen molar-refractivity contribution in [1.82, 2.24) is 4.90 Å². The maximum absolute atomic E-state index is 12.6. The number of carbonyl (C=O) groups excluding carboxylic acids is 1. The van der Waals surface area contributed by atoms with E-state index in [9.17, 15) is 9.59 Å². The lowest BCUT2D eigenvalue weighted by Gasteiger charge is -2.18. The minimum atomic E-state index is -1.02. The highest BCUT2D eigenvalue weighted by molar-refractivity contribution is 5.97. The van der Waals surface area contributed by atoms with E-state index in [1.807, 2.05) is 24.3 Å². The molecule has 0 fully saturated rings. The molecule has 0 saturated heterocycles. The summed E-state index contributed by atoms with van der Waals surface area (Å²) in [5.41, 5.74) is 3.27. The fraction of sp³-hybridized carbons (Fsp3) is 0.333. The first-order chi connectivity index (χ1) is 10.9. The van der Waals surface area contributed by atoms with Gasteiger partial charge < -0.3 is 14.4 Å². The zero-order chi connectivity index (χ0) is 17.0. The molecule has 0 radical (unpaired) electrons. The average molecular weight is 315 g/mol. The Labute approximate surface area is 135 Å². The van der Waals surface area contributed by atoms with Crippen LogP contribution >= 0.6 is 0 Å². The van der Waals surface area contributed by atoms with Gasteiger partial charge in [-0.25, -0.2) is 0 Å². The van der Waals surface area contributed by atoms with Gasteiger partial charge in [-0.05, 0) is 24.5 Å². The highest BCUT2D eigenvalue weighted by atomic mass is 16.4. The molecular weight excluding hydrogens is 294 g/mol. The van der Waals surface area contributed by atoms with Crippen molar-refractivity contribution in [3.05, 3.63) is 58.5 Å². The second kappa shape index (κ2) is 7.13. The van der Waals surface area contributed by atoms with Gasteiger partial charge in [0.15, 0.2) is 0 Å². The molecule has 122 valence electrons. The van der Waals surface area contributed by atoms with Gasteiger partial charge in [0.1, 0.15) is 12.2 Å². The SMILES string of the molecule is CCc1ccc(CN(C)C(=O)c2c(C)coc2CC(=O)O)cc1. The third-order valence-corrected chi connectivity index (χ3v) is 3.77. The van der Waals surface area contributed by atoms with Crippen LogP contribution in [0.3, 0.4) is 0 Å². The Kier molecular flexibility index (Phi) is 5.21. The Balaban J connectivity index is 2.15. The Bertz CT molecular complexity index is 700. The molecule has 23 heavy (non-hydrogen) atoms. The maximum Gasteiger partial charge on any atom is 0.311 e. The largest absolute Gasteiger partial charge is 0.481 e. The molecule has 0 bridgehead atoms. The molecule has 0 aliphatic rings. The molecule has 1 N–H and O–H groups in total. The van der Waals surface area contributed by atoms with Crippen molar-refractivity contribution in [3.8, 4) is 0 Å². The van der Waals surface area contributed by atoms with Crippen LogP contribution in [-0.2, 0) is 24.2 Å².